The molecule has 0 radical (unpaired) electrons. The highest BCUT2D eigenvalue weighted by Gasteiger charge is 2.42. The lowest BCUT2D eigenvalue weighted by atomic mass is 9.85. The number of likely N-dealkylation sites (tertiary alicyclic amines) is 1. The number of benzene rings is 1. The molecule has 1 aliphatic heterocycles. The molecular formula is C20H28N4O2S. The van der Waals surface area contributed by atoms with E-state index in [0.717, 1.165) is 54.6 Å². The zero-order chi connectivity index (χ0) is 19.4. The first-order valence-corrected chi connectivity index (χ1v) is 10.1. The number of rotatable bonds is 6. The summed E-state index contributed by atoms with van der Waals surface area (Å²) in [7, 11) is 5.29. The molecule has 6 nitrogen and oxygen atoms in total. The Kier molecular flexibility index (Phi) is 6.01. The molecule has 0 bridgehead atoms. The van der Waals surface area contributed by atoms with E-state index in [0.29, 0.717) is 0 Å². The van der Waals surface area contributed by atoms with Gasteiger partial charge in [-0.2, -0.15) is 0 Å². The van der Waals surface area contributed by atoms with Crippen LogP contribution in [0.4, 0.5) is 5.69 Å². The molecule has 1 aromatic carbocycles. The van der Waals surface area contributed by atoms with Crippen LogP contribution in [0, 0.1) is 6.92 Å². The fraction of sp³-hybridized carbons (Fsp3) is 0.500. The monoisotopic (exact) mass is 388 g/mol. The van der Waals surface area contributed by atoms with Gasteiger partial charge in [0.25, 0.3) is 0 Å². The Morgan fingerprint density at radius 2 is 2.11 bits per heavy atom. The number of thiazole rings is 1. The number of piperidine rings is 1. The second kappa shape index (κ2) is 8.27. The van der Waals surface area contributed by atoms with Crippen molar-refractivity contribution >= 4 is 22.9 Å². The molecule has 2 heterocycles. The van der Waals surface area contributed by atoms with Crippen molar-refractivity contribution in [1.82, 2.24) is 14.8 Å². The molecule has 7 heteroatoms. The van der Waals surface area contributed by atoms with Gasteiger partial charge in [-0.05, 0) is 31.9 Å². The largest absolute Gasteiger partial charge is 0.497 e. The van der Waals surface area contributed by atoms with Crippen molar-refractivity contribution in [2.75, 3.05) is 39.6 Å². The summed E-state index contributed by atoms with van der Waals surface area (Å²) in [5.74, 6) is 0.901. The van der Waals surface area contributed by atoms with E-state index in [9.17, 15) is 4.79 Å². The Labute approximate surface area is 165 Å². The summed E-state index contributed by atoms with van der Waals surface area (Å²) < 4.78 is 5.32. The normalized spacial score (nSPS) is 16.7. The lowest BCUT2D eigenvalue weighted by molar-refractivity contribution is -0.135. The number of carbonyl (C=O) groups excluding carboxylic acids is 1. The third kappa shape index (κ3) is 4.59. The zero-order valence-corrected chi connectivity index (χ0v) is 17.3. The van der Waals surface area contributed by atoms with E-state index in [-0.39, 0.29) is 5.91 Å². The van der Waals surface area contributed by atoms with Gasteiger partial charge in [-0.15, -0.1) is 11.3 Å². The number of methoxy groups -OCH3 is 1. The van der Waals surface area contributed by atoms with E-state index in [1.807, 2.05) is 45.3 Å². The first kappa shape index (κ1) is 19.6. The van der Waals surface area contributed by atoms with Crippen LogP contribution in [0.15, 0.2) is 29.6 Å². The Bertz CT molecular complexity index is 782. The summed E-state index contributed by atoms with van der Waals surface area (Å²) >= 11 is 1.68. The highest BCUT2D eigenvalue weighted by molar-refractivity contribution is 7.09. The molecule has 1 fully saturated rings. The molecule has 3 rings (SSSR count). The van der Waals surface area contributed by atoms with E-state index in [2.05, 4.69) is 20.6 Å². The number of nitrogens with one attached hydrogen (secondary N) is 1. The van der Waals surface area contributed by atoms with Crippen molar-refractivity contribution in [2.45, 2.75) is 31.8 Å². The Morgan fingerprint density at radius 3 is 2.70 bits per heavy atom. The maximum Gasteiger partial charge on any atom is 0.247 e. The number of ether oxygens (including phenoxy) is 1. The zero-order valence-electron chi connectivity index (χ0n) is 16.5. The van der Waals surface area contributed by atoms with Crippen LogP contribution in [-0.4, -0.2) is 60.5 Å². The van der Waals surface area contributed by atoms with Crippen molar-refractivity contribution in [1.29, 1.82) is 0 Å². The lowest BCUT2D eigenvalue weighted by Crippen LogP contribution is -2.57. The molecular weight excluding hydrogens is 360 g/mol. The molecule has 1 aliphatic rings. The number of hydrogen-bond donors (Lipinski definition) is 1. The topological polar surface area (TPSA) is 57.7 Å². The van der Waals surface area contributed by atoms with Crippen molar-refractivity contribution in [3.05, 3.63) is 40.3 Å². The highest BCUT2D eigenvalue weighted by atomic mass is 32.1. The van der Waals surface area contributed by atoms with Crippen LogP contribution in [-0.2, 0) is 11.3 Å². The molecule has 1 amide bonds. The van der Waals surface area contributed by atoms with Gasteiger partial charge in [-0.1, -0.05) is 6.07 Å². The standard InChI is InChI=1S/C20H28N4O2S/c1-15-21-17(14-27-15)13-24-10-8-20(9-11-24,19(25)23(2)3)22-16-6-5-7-18(12-16)26-4/h5-7,12,14,22H,8-11,13H2,1-4H3. The van der Waals surface area contributed by atoms with E-state index < -0.39 is 5.54 Å². The van der Waals surface area contributed by atoms with Gasteiger partial charge in [0.1, 0.15) is 11.3 Å². The minimum Gasteiger partial charge on any atom is -0.497 e. The van der Waals surface area contributed by atoms with E-state index in [4.69, 9.17) is 4.74 Å². The fourth-order valence-corrected chi connectivity index (χ4v) is 4.20. The van der Waals surface area contributed by atoms with Gasteiger partial charge in [0, 0.05) is 50.9 Å². The number of likely N-dealkylation sites (N-methyl/N-ethyl adjacent to an activating group) is 1. The van der Waals surface area contributed by atoms with Gasteiger partial charge in [0.2, 0.25) is 5.91 Å². The second-order valence-corrected chi connectivity index (χ2v) is 8.33. The molecule has 1 saturated heterocycles. The highest BCUT2D eigenvalue weighted by Crippen LogP contribution is 2.31. The van der Waals surface area contributed by atoms with Gasteiger partial charge in [0.05, 0.1) is 17.8 Å². The molecule has 1 aromatic heterocycles. The maximum atomic E-state index is 13.0. The molecule has 0 aliphatic carbocycles. The van der Waals surface area contributed by atoms with Gasteiger partial charge < -0.3 is 15.0 Å². The number of aromatic nitrogens is 1. The maximum absolute atomic E-state index is 13.0. The van der Waals surface area contributed by atoms with Crippen LogP contribution >= 0.6 is 11.3 Å². The number of amides is 1. The average Bonchev–Trinajstić information content (AvgIpc) is 3.07. The Hall–Kier alpha value is -2.12. The van der Waals surface area contributed by atoms with Crippen LogP contribution < -0.4 is 10.1 Å². The van der Waals surface area contributed by atoms with E-state index >= 15 is 0 Å². The minimum atomic E-state index is -0.593. The van der Waals surface area contributed by atoms with Crippen molar-refractivity contribution < 1.29 is 9.53 Å². The Balaban J connectivity index is 1.73. The summed E-state index contributed by atoms with van der Waals surface area (Å²) in [6, 6.07) is 7.77. The molecule has 2 aromatic rings. The van der Waals surface area contributed by atoms with Gasteiger partial charge in [0.15, 0.2) is 0 Å². The van der Waals surface area contributed by atoms with Crippen LogP contribution in [0.3, 0.4) is 0 Å². The van der Waals surface area contributed by atoms with Gasteiger partial charge in [-0.25, -0.2) is 4.98 Å². The number of nitrogens with zero attached hydrogens (tertiary/aromatic N) is 3. The summed E-state index contributed by atoms with van der Waals surface area (Å²) in [5.41, 5.74) is 1.43. The molecule has 0 unspecified atom stereocenters. The molecule has 0 spiro atoms. The first-order chi connectivity index (χ1) is 12.9. The van der Waals surface area contributed by atoms with Crippen LogP contribution in [0.2, 0.25) is 0 Å². The van der Waals surface area contributed by atoms with Crippen LogP contribution in [0.25, 0.3) is 0 Å². The number of carbonyl (C=O) groups is 1. The molecule has 0 saturated carbocycles. The minimum absolute atomic E-state index is 0.120. The Morgan fingerprint density at radius 1 is 1.37 bits per heavy atom. The second-order valence-electron chi connectivity index (χ2n) is 7.27. The van der Waals surface area contributed by atoms with Crippen LogP contribution in [0.5, 0.6) is 5.75 Å². The summed E-state index contributed by atoms with van der Waals surface area (Å²) in [6.45, 7) is 4.58. The molecule has 27 heavy (non-hydrogen) atoms. The number of hydrogen-bond acceptors (Lipinski definition) is 6. The third-order valence-corrected chi connectivity index (χ3v) is 5.85. The number of anilines is 1. The van der Waals surface area contributed by atoms with Crippen molar-refractivity contribution in [3.63, 3.8) is 0 Å². The predicted octanol–water partition coefficient (Wildman–Crippen LogP) is 3.00. The van der Waals surface area contributed by atoms with Crippen molar-refractivity contribution in [3.8, 4) is 5.75 Å². The quantitative estimate of drug-likeness (QED) is 0.824. The first-order valence-electron chi connectivity index (χ1n) is 9.19. The molecule has 146 valence electrons. The smallest absolute Gasteiger partial charge is 0.247 e. The fourth-order valence-electron chi connectivity index (χ4n) is 3.60. The summed E-state index contributed by atoms with van der Waals surface area (Å²) in [5, 5.41) is 6.75. The van der Waals surface area contributed by atoms with Crippen molar-refractivity contribution in [2.24, 2.45) is 0 Å². The molecule has 1 N–H and O–H groups in total. The van der Waals surface area contributed by atoms with Crippen LogP contribution in [0.1, 0.15) is 23.5 Å². The van der Waals surface area contributed by atoms with E-state index in [1.54, 1.807) is 23.3 Å². The predicted molar refractivity (Wildman–Crippen MR) is 109 cm³/mol. The average molecular weight is 389 g/mol. The summed E-state index contributed by atoms with van der Waals surface area (Å²) in [4.78, 5) is 21.7. The molecule has 0 atom stereocenters. The lowest BCUT2D eigenvalue weighted by Gasteiger charge is -2.42. The SMILES string of the molecule is COc1cccc(NC2(C(=O)N(C)C)CCN(Cc3csc(C)n3)CC2)c1. The van der Waals surface area contributed by atoms with E-state index in [1.165, 1.54) is 0 Å². The number of aryl methyl sites for hydroxylation is 1. The summed E-state index contributed by atoms with van der Waals surface area (Å²) in [6.07, 6.45) is 1.51. The third-order valence-electron chi connectivity index (χ3n) is 5.03. The van der Waals surface area contributed by atoms with Gasteiger partial charge in [-0.3, -0.25) is 9.69 Å². The van der Waals surface area contributed by atoms with Gasteiger partial charge >= 0.3 is 0 Å².